The molecule has 0 heterocycles. The molecule has 1 unspecified atom stereocenters. The summed E-state index contributed by atoms with van der Waals surface area (Å²) in [5.41, 5.74) is 0. The van der Waals surface area contributed by atoms with Gasteiger partial charge in [-0.3, -0.25) is 14.4 Å². The van der Waals surface area contributed by atoms with Gasteiger partial charge in [0.05, 0.1) is 0 Å². The summed E-state index contributed by atoms with van der Waals surface area (Å²) in [4.78, 5) is 37.9. The van der Waals surface area contributed by atoms with Crippen molar-refractivity contribution in [3.63, 3.8) is 0 Å². The van der Waals surface area contributed by atoms with E-state index < -0.39 is 6.10 Å². The first kappa shape index (κ1) is 74.5. The Labute approximate surface area is 487 Å². The van der Waals surface area contributed by atoms with Crippen LogP contribution in [0.3, 0.4) is 0 Å². The minimum atomic E-state index is -0.803. The predicted octanol–water partition coefficient (Wildman–Crippen LogP) is 22.5. The van der Waals surface area contributed by atoms with Gasteiger partial charge in [0.25, 0.3) is 0 Å². The Bertz CT molecular complexity index is 1680. The average Bonchev–Trinajstić information content (AvgIpc) is 3.45. The standard InChI is InChI=1S/C73H120O6/c1-4-7-10-13-15-17-19-21-23-25-27-29-31-33-35-36-38-39-41-43-45-47-49-51-53-55-57-60-63-66-72(75)78-69-70(68-77-71(74)65-62-59-12-9-6-3)79-73(76)67-64-61-58-56-54-52-50-48-46-44-42-40-37-34-32-30-28-26-24-22-20-18-16-14-11-8-5-2/h8,11,16,18-19,21-22,24-25,27-28,30-31,33-34,37,42,44,48,50,54,56,70H,4-7,9-10,12-15,17,20,23,26,29,32,35-36,38-41,43,45-47,49,51-53,55,57-69H2,1-3H3/b11-8-,18-16-,21-19-,24-22-,27-25-,30-28-,33-31-,37-34-,44-42-,50-48-,56-54-. The number of unbranched alkanes of at least 4 members (excludes halogenated alkanes) is 25. The number of hydrogen-bond donors (Lipinski definition) is 0. The molecule has 0 aromatic rings. The van der Waals surface area contributed by atoms with E-state index in [2.05, 4.69) is 154 Å². The van der Waals surface area contributed by atoms with Crippen LogP contribution in [0.15, 0.2) is 134 Å². The van der Waals surface area contributed by atoms with Crippen molar-refractivity contribution in [2.75, 3.05) is 13.2 Å². The first-order chi connectivity index (χ1) is 39.0. The molecule has 0 aliphatic heterocycles. The van der Waals surface area contributed by atoms with E-state index in [0.717, 1.165) is 128 Å². The van der Waals surface area contributed by atoms with Crippen molar-refractivity contribution in [1.29, 1.82) is 0 Å². The van der Waals surface area contributed by atoms with E-state index in [-0.39, 0.29) is 37.5 Å². The van der Waals surface area contributed by atoms with Gasteiger partial charge in [-0.05, 0) is 122 Å². The fourth-order valence-corrected chi connectivity index (χ4v) is 8.76. The Balaban J connectivity index is 4.13. The maximum atomic E-state index is 12.8. The van der Waals surface area contributed by atoms with Crippen molar-refractivity contribution in [1.82, 2.24) is 0 Å². The SMILES string of the molecule is CC/C=C\C/C=C\C/C=C\C/C=C\C/C=C\C/C=C\C/C=C\C/C=C\CCCCC(=O)OC(COC(=O)CCCCCCC)COC(=O)CCCCCCCCCCCCCCCC/C=C\C/C=C\C/C=C\CCCCCCC. The van der Waals surface area contributed by atoms with Gasteiger partial charge in [0.2, 0.25) is 0 Å². The van der Waals surface area contributed by atoms with E-state index >= 15 is 0 Å². The topological polar surface area (TPSA) is 78.9 Å². The summed E-state index contributed by atoms with van der Waals surface area (Å²) in [5, 5.41) is 0. The second kappa shape index (κ2) is 66.1. The molecule has 1 atom stereocenters. The Kier molecular flexibility index (Phi) is 62.3. The molecule has 0 aliphatic carbocycles. The average molecular weight is 1090 g/mol. The van der Waals surface area contributed by atoms with E-state index in [0.29, 0.717) is 19.3 Å². The van der Waals surface area contributed by atoms with Gasteiger partial charge in [-0.25, -0.2) is 0 Å². The number of hydrogen-bond acceptors (Lipinski definition) is 6. The van der Waals surface area contributed by atoms with Gasteiger partial charge in [-0.1, -0.05) is 283 Å². The Hall–Kier alpha value is -4.45. The lowest BCUT2D eigenvalue weighted by molar-refractivity contribution is -0.167. The van der Waals surface area contributed by atoms with E-state index in [9.17, 15) is 14.4 Å². The maximum absolute atomic E-state index is 12.8. The van der Waals surface area contributed by atoms with Crippen molar-refractivity contribution in [3.8, 4) is 0 Å². The largest absolute Gasteiger partial charge is 0.462 e. The molecule has 0 aromatic carbocycles. The molecular formula is C73H120O6. The van der Waals surface area contributed by atoms with Gasteiger partial charge in [-0.15, -0.1) is 0 Å². The third kappa shape index (κ3) is 64.3. The molecule has 0 saturated heterocycles. The molecule has 0 saturated carbocycles. The second-order valence-electron chi connectivity index (χ2n) is 21.3. The molecular weight excluding hydrogens is 973 g/mol. The van der Waals surface area contributed by atoms with Crippen molar-refractivity contribution in [3.05, 3.63) is 134 Å². The van der Waals surface area contributed by atoms with Gasteiger partial charge >= 0.3 is 17.9 Å². The van der Waals surface area contributed by atoms with E-state index in [1.54, 1.807) is 0 Å². The third-order valence-electron chi connectivity index (χ3n) is 13.6. The molecule has 0 spiro atoms. The van der Waals surface area contributed by atoms with Crippen LogP contribution in [0.5, 0.6) is 0 Å². The summed E-state index contributed by atoms with van der Waals surface area (Å²) in [6, 6.07) is 0. The van der Waals surface area contributed by atoms with E-state index in [1.165, 1.54) is 116 Å². The Morgan fingerprint density at radius 1 is 0.266 bits per heavy atom. The fraction of sp³-hybridized carbons (Fsp3) is 0.658. The first-order valence-electron chi connectivity index (χ1n) is 32.7. The minimum Gasteiger partial charge on any atom is -0.462 e. The summed E-state index contributed by atoms with van der Waals surface area (Å²) in [6.07, 6.45) is 93.7. The summed E-state index contributed by atoms with van der Waals surface area (Å²) >= 11 is 0. The molecule has 0 N–H and O–H groups in total. The van der Waals surface area contributed by atoms with Crippen LogP contribution in [0.25, 0.3) is 0 Å². The number of carbonyl (C=O) groups is 3. The molecule has 0 radical (unpaired) electrons. The number of carbonyl (C=O) groups excluding carboxylic acids is 3. The number of esters is 3. The van der Waals surface area contributed by atoms with Crippen LogP contribution in [0.1, 0.15) is 290 Å². The van der Waals surface area contributed by atoms with Crippen LogP contribution in [-0.4, -0.2) is 37.2 Å². The maximum Gasteiger partial charge on any atom is 0.306 e. The lowest BCUT2D eigenvalue weighted by Gasteiger charge is -2.18. The summed E-state index contributed by atoms with van der Waals surface area (Å²) in [6.45, 7) is 6.40. The highest BCUT2D eigenvalue weighted by Crippen LogP contribution is 2.15. The Morgan fingerprint density at radius 2 is 0.494 bits per heavy atom. The molecule has 6 heteroatoms. The normalized spacial score (nSPS) is 13.0. The summed E-state index contributed by atoms with van der Waals surface area (Å²) in [5.74, 6) is -0.957. The predicted molar refractivity (Wildman–Crippen MR) is 343 cm³/mol. The fourth-order valence-electron chi connectivity index (χ4n) is 8.76. The highest BCUT2D eigenvalue weighted by atomic mass is 16.6. The Morgan fingerprint density at radius 3 is 0.797 bits per heavy atom. The second-order valence-corrected chi connectivity index (χ2v) is 21.3. The van der Waals surface area contributed by atoms with Gasteiger partial charge in [0.1, 0.15) is 13.2 Å². The van der Waals surface area contributed by atoms with Crippen LogP contribution in [0.2, 0.25) is 0 Å². The number of allylic oxidation sites excluding steroid dienone is 22. The number of ether oxygens (including phenoxy) is 3. The van der Waals surface area contributed by atoms with Crippen LogP contribution in [0, 0.1) is 0 Å². The van der Waals surface area contributed by atoms with Crippen molar-refractivity contribution in [2.45, 2.75) is 297 Å². The van der Waals surface area contributed by atoms with Crippen molar-refractivity contribution in [2.24, 2.45) is 0 Å². The van der Waals surface area contributed by atoms with Crippen LogP contribution in [-0.2, 0) is 28.6 Å². The molecule has 0 rings (SSSR count). The summed E-state index contributed by atoms with van der Waals surface area (Å²) < 4.78 is 16.7. The van der Waals surface area contributed by atoms with Gasteiger partial charge in [0, 0.05) is 19.3 Å². The van der Waals surface area contributed by atoms with Crippen LogP contribution < -0.4 is 0 Å². The minimum absolute atomic E-state index is 0.0986. The highest BCUT2D eigenvalue weighted by Gasteiger charge is 2.19. The molecule has 0 fully saturated rings. The zero-order chi connectivity index (χ0) is 57.1. The molecule has 0 bridgehead atoms. The van der Waals surface area contributed by atoms with Gasteiger partial charge < -0.3 is 14.2 Å². The molecule has 0 amide bonds. The van der Waals surface area contributed by atoms with Crippen molar-refractivity contribution < 1.29 is 28.6 Å². The van der Waals surface area contributed by atoms with Crippen molar-refractivity contribution >= 4 is 17.9 Å². The molecule has 79 heavy (non-hydrogen) atoms. The summed E-state index contributed by atoms with van der Waals surface area (Å²) in [7, 11) is 0. The smallest absolute Gasteiger partial charge is 0.306 e. The van der Waals surface area contributed by atoms with E-state index in [1.807, 2.05) is 0 Å². The van der Waals surface area contributed by atoms with Crippen LogP contribution >= 0.6 is 0 Å². The molecule has 448 valence electrons. The quantitative estimate of drug-likeness (QED) is 0.0261. The van der Waals surface area contributed by atoms with Gasteiger partial charge in [-0.2, -0.15) is 0 Å². The monoisotopic (exact) mass is 1090 g/mol. The third-order valence-corrected chi connectivity index (χ3v) is 13.6. The molecule has 0 aromatic heterocycles. The molecule has 6 nitrogen and oxygen atoms in total. The van der Waals surface area contributed by atoms with Crippen LogP contribution in [0.4, 0.5) is 0 Å². The zero-order valence-corrected chi connectivity index (χ0v) is 51.3. The first-order valence-corrected chi connectivity index (χ1v) is 32.7. The number of rotatable bonds is 58. The highest BCUT2D eigenvalue weighted by molar-refractivity contribution is 5.71. The zero-order valence-electron chi connectivity index (χ0n) is 51.3. The molecule has 0 aliphatic rings. The lowest BCUT2D eigenvalue weighted by atomic mass is 10.0. The van der Waals surface area contributed by atoms with Gasteiger partial charge in [0.15, 0.2) is 6.10 Å². The van der Waals surface area contributed by atoms with E-state index in [4.69, 9.17) is 14.2 Å². The lowest BCUT2D eigenvalue weighted by Crippen LogP contribution is -2.30.